The van der Waals surface area contributed by atoms with Crippen LogP contribution in [0.3, 0.4) is 0 Å². The van der Waals surface area contributed by atoms with Crippen molar-refractivity contribution < 1.29 is 14.7 Å². The highest BCUT2D eigenvalue weighted by Crippen LogP contribution is 2.27. The lowest BCUT2D eigenvalue weighted by molar-refractivity contribution is -0.140. The third-order valence-corrected chi connectivity index (χ3v) is 5.09. The van der Waals surface area contributed by atoms with Crippen molar-refractivity contribution in [2.75, 3.05) is 6.54 Å². The topological polar surface area (TPSA) is 127 Å². The molecule has 0 unspecified atom stereocenters. The van der Waals surface area contributed by atoms with Gasteiger partial charge in [-0.05, 0) is 50.0 Å². The fourth-order valence-electron chi connectivity index (χ4n) is 3.42. The van der Waals surface area contributed by atoms with Crippen molar-refractivity contribution in [2.45, 2.75) is 47.1 Å². The summed E-state index contributed by atoms with van der Waals surface area (Å²) in [5.41, 5.74) is 0.390. The number of hydrogen-bond donors (Lipinski definition) is 1. The lowest BCUT2D eigenvalue weighted by Crippen LogP contribution is -2.43. The highest BCUT2D eigenvalue weighted by atomic mass is 16.3. The third-order valence-electron chi connectivity index (χ3n) is 5.09. The molecule has 0 fully saturated rings. The van der Waals surface area contributed by atoms with Gasteiger partial charge in [0.15, 0.2) is 0 Å². The summed E-state index contributed by atoms with van der Waals surface area (Å²) in [6.07, 6.45) is 5.60. The van der Waals surface area contributed by atoms with E-state index < -0.39 is 17.4 Å². The number of nitrogens with zero attached hydrogens (tertiary/aromatic N) is 4. The van der Waals surface area contributed by atoms with Crippen molar-refractivity contribution in [1.82, 2.24) is 9.47 Å². The van der Waals surface area contributed by atoms with Crippen LogP contribution in [0.2, 0.25) is 0 Å². The van der Waals surface area contributed by atoms with E-state index in [1.807, 2.05) is 26.0 Å². The molecule has 8 heteroatoms. The van der Waals surface area contributed by atoms with Gasteiger partial charge in [0.1, 0.15) is 23.3 Å². The van der Waals surface area contributed by atoms with Crippen molar-refractivity contribution >= 4 is 17.9 Å². The van der Waals surface area contributed by atoms with Gasteiger partial charge >= 0.3 is 0 Å². The predicted octanol–water partition coefficient (Wildman–Crippen LogP) is 2.70. The molecule has 31 heavy (non-hydrogen) atoms. The summed E-state index contributed by atoms with van der Waals surface area (Å²) in [6, 6.07) is 3.76. The van der Waals surface area contributed by atoms with E-state index in [4.69, 9.17) is 0 Å². The smallest absolute Gasteiger partial charge is 0.271 e. The quantitative estimate of drug-likeness (QED) is 0.557. The zero-order chi connectivity index (χ0) is 23.3. The molecule has 0 radical (unpaired) electrons. The van der Waals surface area contributed by atoms with Crippen LogP contribution >= 0.6 is 0 Å². The molecule has 160 valence electrons. The molecule has 0 saturated heterocycles. The number of pyridine rings is 1. The van der Waals surface area contributed by atoms with E-state index >= 15 is 0 Å². The van der Waals surface area contributed by atoms with Crippen LogP contribution < -0.4 is 5.56 Å². The Bertz CT molecular complexity index is 1170. The van der Waals surface area contributed by atoms with Crippen LogP contribution in [-0.2, 0) is 16.1 Å². The van der Waals surface area contributed by atoms with E-state index in [-0.39, 0.29) is 46.8 Å². The molecule has 1 aliphatic rings. The van der Waals surface area contributed by atoms with E-state index in [9.17, 15) is 30.0 Å². The molecule has 1 aromatic heterocycles. The molecule has 0 bridgehead atoms. The van der Waals surface area contributed by atoms with E-state index in [2.05, 4.69) is 0 Å². The molecular weight excluding hydrogens is 396 g/mol. The minimum absolute atomic E-state index is 0.0603. The normalized spacial score (nSPS) is 15.7. The van der Waals surface area contributed by atoms with Crippen LogP contribution in [0.25, 0.3) is 6.08 Å². The standard InChI is InChI=1S/C23H24N4O4/c1-5-10-26-20(28)16(14(3)18(12-24)22(26)30)8-7-9-17-15(4)19(13-25)23(31)27(11-6-2)21(17)29/h7-9,28H,5-6,10-11H2,1-4H3. The number of nitriles is 2. The Balaban J connectivity index is 2.62. The molecule has 0 aliphatic carbocycles. The second kappa shape index (κ2) is 9.73. The Labute approximate surface area is 180 Å². The van der Waals surface area contributed by atoms with Crippen LogP contribution in [0.5, 0.6) is 5.88 Å². The predicted molar refractivity (Wildman–Crippen MR) is 115 cm³/mol. The van der Waals surface area contributed by atoms with Crippen LogP contribution in [0.1, 0.15) is 50.3 Å². The Morgan fingerprint density at radius 3 is 2.19 bits per heavy atom. The van der Waals surface area contributed by atoms with Crippen molar-refractivity contribution in [2.24, 2.45) is 0 Å². The molecule has 0 aromatic carbocycles. The first kappa shape index (κ1) is 23.4. The summed E-state index contributed by atoms with van der Waals surface area (Å²) in [4.78, 5) is 38.6. The number of imide groups is 1. The van der Waals surface area contributed by atoms with E-state index in [0.29, 0.717) is 18.4 Å². The zero-order valence-corrected chi connectivity index (χ0v) is 18.0. The summed E-state index contributed by atoms with van der Waals surface area (Å²) >= 11 is 0. The summed E-state index contributed by atoms with van der Waals surface area (Å²) < 4.78 is 1.14. The largest absolute Gasteiger partial charge is 0.494 e. The number of carbonyl (C=O) groups is 2. The van der Waals surface area contributed by atoms with Crippen molar-refractivity contribution in [3.8, 4) is 18.0 Å². The molecule has 1 aromatic rings. The molecule has 2 heterocycles. The van der Waals surface area contributed by atoms with Gasteiger partial charge in [0.25, 0.3) is 17.4 Å². The van der Waals surface area contributed by atoms with E-state index in [1.165, 1.54) is 25.2 Å². The molecule has 8 nitrogen and oxygen atoms in total. The molecule has 0 saturated carbocycles. The fourth-order valence-corrected chi connectivity index (χ4v) is 3.42. The fraction of sp³-hybridized carbons (Fsp3) is 0.348. The average molecular weight is 420 g/mol. The maximum atomic E-state index is 12.8. The van der Waals surface area contributed by atoms with Crippen LogP contribution in [-0.4, -0.2) is 32.9 Å². The van der Waals surface area contributed by atoms with Crippen molar-refractivity contribution in [3.05, 3.63) is 55.9 Å². The first-order valence-electron chi connectivity index (χ1n) is 9.97. The molecule has 2 rings (SSSR count). The zero-order valence-electron chi connectivity index (χ0n) is 18.0. The monoisotopic (exact) mass is 420 g/mol. The molecule has 0 spiro atoms. The van der Waals surface area contributed by atoms with Gasteiger partial charge in [-0.15, -0.1) is 0 Å². The first-order chi connectivity index (χ1) is 14.7. The third kappa shape index (κ3) is 4.19. The minimum Gasteiger partial charge on any atom is -0.494 e. The van der Waals surface area contributed by atoms with Gasteiger partial charge in [-0.1, -0.05) is 19.9 Å². The number of allylic oxidation sites excluding steroid dienone is 2. The number of aromatic nitrogens is 1. The summed E-state index contributed by atoms with van der Waals surface area (Å²) in [7, 11) is 0. The maximum absolute atomic E-state index is 12.8. The Morgan fingerprint density at radius 1 is 1.00 bits per heavy atom. The average Bonchev–Trinajstić information content (AvgIpc) is 2.74. The number of carbonyl (C=O) groups excluding carboxylic acids is 2. The number of aromatic hydroxyl groups is 1. The second-order valence-electron chi connectivity index (χ2n) is 7.12. The van der Waals surface area contributed by atoms with Crippen LogP contribution in [0.15, 0.2) is 33.7 Å². The number of hydrogen-bond acceptors (Lipinski definition) is 6. The Kier molecular flexibility index (Phi) is 7.33. The maximum Gasteiger partial charge on any atom is 0.271 e. The number of amides is 2. The Hall–Kier alpha value is -3.91. The summed E-state index contributed by atoms with van der Waals surface area (Å²) in [5, 5.41) is 29.3. The van der Waals surface area contributed by atoms with Crippen molar-refractivity contribution in [3.63, 3.8) is 0 Å². The van der Waals surface area contributed by atoms with Gasteiger partial charge < -0.3 is 5.11 Å². The van der Waals surface area contributed by atoms with Gasteiger partial charge in [-0.2, -0.15) is 10.5 Å². The number of rotatable bonds is 6. The van der Waals surface area contributed by atoms with Crippen LogP contribution in [0, 0.1) is 29.6 Å². The van der Waals surface area contributed by atoms with Gasteiger partial charge in [0, 0.05) is 24.2 Å². The van der Waals surface area contributed by atoms with Gasteiger partial charge in [-0.3, -0.25) is 23.9 Å². The molecule has 1 N–H and O–H groups in total. The Morgan fingerprint density at radius 2 is 1.65 bits per heavy atom. The SMILES string of the molecule is CCCN1C(=O)C(=CC=Cc2c(C)c(C#N)c(=O)n(CCC)c2O)C(C)=C(C#N)C1=O. The van der Waals surface area contributed by atoms with Crippen molar-refractivity contribution in [1.29, 1.82) is 10.5 Å². The van der Waals surface area contributed by atoms with Gasteiger partial charge in [0.05, 0.1) is 0 Å². The molecule has 0 atom stereocenters. The lowest BCUT2D eigenvalue weighted by atomic mass is 9.94. The molecule has 2 amide bonds. The second-order valence-corrected chi connectivity index (χ2v) is 7.12. The molecular formula is C23H24N4O4. The first-order valence-corrected chi connectivity index (χ1v) is 9.97. The highest BCUT2D eigenvalue weighted by Gasteiger charge is 2.34. The van der Waals surface area contributed by atoms with Gasteiger partial charge in [-0.25, -0.2) is 0 Å². The van der Waals surface area contributed by atoms with E-state index in [0.717, 1.165) is 9.47 Å². The van der Waals surface area contributed by atoms with E-state index in [1.54, 1.807) is 6.92 Å². The van der Waals surface area contributed by atoms with Crippen LogP contribution in [0.4, 0.5) is 0 Å². The minimum atomic E-state index is -0.605. The van der Waals surface area contributed by atoms with Gasteiger partial charge in [0.2, 0.25) is 5.88 Å². The highest BCUT2D eigenvalue weighted by molar-refractivity contribution is 6.18. The summed E-state index contributed by atoms with van der Waals surface area (Å²) in [6.45, 7) is 7.22. The molecule has 1 aliphatic heterocycles. The summed E-state index contributed by atoms with van der Waals surface area (Å²) in [5.74, 6) is -1.37. The lowest BCUT2D eigenvalue weighted by Gasteiger charge is -2.26.